The summed E-state index contributed by atoms with van der Waals surface area (Å²) in [7, 11) is 0. The molecule has 0 nitrogen and oxygen atoms in total. The maximum absolute atomic E-state index is 11.1. The van der Waals surface area contributed by atoms with Crippen molar-refractivity contribution in [3.05, 3.63) is 25.1 Å². The summed E-state index contributed by atoms with van der Waals surface area (Å²) in [5.74, 6) is 0. The van der Waals surface area contributed by atoms with E-state index in [9.17, 15) is 30.7 Å². The van der Waals surface area contributed by atoms with Crippen molar-refractivity contribution in [3.8, 4) is 0 Å². The van der Waals surface area contributed by atoms with E-state index in [0.29, 0.717) is 0 Å². The van der Waals surface area contributed by atoms with Gasteiger partial charge >= 0.3 is 12.4 Å². The van der Waals surface area contributed by atoms with Crippen LogP contribution >= 0.6 is 0 Å². The molecule has 0 rings (SSSR count). The van der Waals surface area contributed by atoms with Crippen LogP contribution in [0.4, 0.5) is 30.7 Å². The molecule has 78 valence electrons. The van der Waals surface area contributed by atoms with Gasteiger partial charge < -0.3 is 0 Å². The molecule has 0 unspecified atom stereocenters. The van der Waals surface area contributed by atoms with Gasteiger partial charge in [0.2, 0.25) is 0 Å². The molecule has 0 bridgehead atoms. The molecule has 0 aromatic carbocycles. The van der Waals surface area contributed by atoms with Crippen molar-refractivity contribution in [3.63, 3.8) is 0 Å². The summed E-state index contributed by atoms with van der Waals surface area (Å²) in [5, 5.41) is 0. The fourth-order valence-electron chi connectivity index (χ4n) is 0.161. The molecule has 0 fully saturated rings. The first kappa shape index (κ1) is 14.5. The first-order chi connectivity index (χ1) is 5.57. The molecule has 0 aromatic rings. The molecule has 0 saturated carbocycles. The van der Waals surface area contributed by atoms with Gasteiger partial charge in [0.25, 0.3) is 0 Å². The Labute approximate surface area is 69.3 Å². The number of rotatable bonds is 0. The van der Waals surface area contributed by atoms with Crippen molar-refractivity contribution in [1.82, 2.24) is 0 Å². The summed E-state index contributed by atoms with van der Waals surface area (Å²) in [5.41, 5.74) is -2.68. The van der Waals surface area contributed by atoms with Gasteiger partial charge in [-0.3, -0.25) is 0 Å². The second-order valence-electron chi connectivity index (χ2n) is 1.63. The van der Waals surface area contributed by atoms with Crippen LogP contribution in [0.3, 0.4) is 0 Å². The van der Waals surface area contributed by atoms with Gasteiger partial charge in [-0.25, -0.2) is 4.39 Å². The minimum atomic E-state index is -5.38. The maximum atomic E-state index is 11.1. The maximum Gasteiger partial charge on any atom is 0.420 e. The van der Waals surface area contributed by atoms with Crippen LogP contribution in [0.5, 0.6) is 0 Å². The highest BCUT2D eigenvalue weighted by Gasteiger charge is 2.49. The molecule has 0 spiro atoms. The van der Waals surface area contributed by atoms with Gasteiger partial charge in [0.15, 0.2) is 0 Å². The van der Waals surface area contributed by atoms with E-state index in [1.807, 2.05) is 6.58 Å². The molecule has 0 atom stereocenters. The molecule has 7 heteroatoms. The van der Waals surface area contributed by atoms with Crippen molar-refractivity contribution in [2.45, 2.75) is 12.4 Å². The molecule has 13 heavy (non-hydrogen) atoms. The molecule has 0 aromatic heterocycles. The van der Waals surface area contributed by atoms with E-state index in [-0.39, 0.29) is 6.33 Å². The van der Waals surface area contributed by atoms with Crippen LogP contribution in [0, 0.1) is 0 Å². The van der Waals surface area contributed by atoms with Crippen LogP contribution in [0.1, 0.15) is 0 Å². The molecule has 0 saturated heterocycles. The number of alkyl halides is 6. The van der Waals surface area contributed by atoms with Gasteiger partial charge in [-0.15, -0.1) is 0 Å². The first-order valence-electron chi connectivity index (χ1n) is 2.61. The second-order valence-corrected chi connectivity index (χ2v) is 1.63. The zero-order chi connectivity index (χ0) is 11.3. The Hall–Kier alpha value is -1.01. The third-order valence-electron chi connectivity index (χ3n) is 0.684. The largest absolute Gasteiger partial charge is 0.420 e. The van der Waals surface area contributed by atoms with Crippen LogP contribution < -0.4 is 0 Å². The van der Waals surface area contributed by atoms with Crippen molar-refractivity contribution in [1.29, 1.82) is 0 Å². The zero-order valence-corrected chi connectivity index (χ0v) is 6.14. The molecule has 0 heterocycles. The number of hydrogen-bond donors (Lipinski definition) is 0. The number of allylic oxidation sites excluding steroid dienone is 1. The highest BCUT2D eigenvalue weighted by Crippen LogP contribution is 2.36. The fourth-order valence-corrected chi connectivity index (χ4v) is 0.161. The van der Waals surface area contributed by atoms with Crippen molar-refractivity contribution >= 4 is 0 Å². The highest BCUT2D eigenvalue weighted by molar-refractivity contribution is 5.09. The minimum Gasteiger partial charge on any atom is -0.216 e. The lowest BCUT2D eigenvalue weighted by Crippen LogP contribution is -2.24. The Balaban J connectivity index is 0. The van der Waals surface area contributed by atoms with Crippen LogP contribution in [-0.2, 0) is 0 Å². The van der Waals surface area contributed by atoms with Crippen LogP contribution in [0.15, 0.2) is 25.1 Å². The first-order valence-corrected chi connectivity index (χ1v) is 2.61. The molecular weight excluding hydrogens is 205 g/mol. The predicted octanol–water partition coefficient (Wildman–Crippen LogP) is 3.77. The van der Waals surface area contributed by atoms with Gasteiger partial charge in [-0.1, -0.05) is 13.2 Å². The van der Waals surface area contributed by atoms with Crippen LogP contribution in [0.2, 0.25) is 0 Å². The normalized spacial score (nSPS) is 11.3. The molecule has 0 aliphatic heterocycles. The van der Waals surface area contributed by atoms with E-state index in [2.05, 4.69) is 6.58 Å². The third-order valence-corrected chi connectivity index (χ3v) is 0.684. The highest BCUT2D eigenvalue weighted by atomic mass is 19.4. The van der Waals surface area contributed by atoms with Gasteiger partial charge in [0.05, 0.1) is 6.33 Å². The molecule has 0 amide bonds. The monoisotopic (exact) mass is 210 g/mol. The fraction of sp³-hybridized carbons (Fsp3) is 0.333. The summed E-state index contributed by atoms with van der Waals surface area (Å²) in [6, 6.07) is 0. The number of hydrogen-bond acceptors (Lipinski definition) is 0. The molecular formula is C6H5F7. The van der Waals surface area contributed by atoms with E-state index in [4.69, 9.17) is 0 Å². The Morgan fingerprint density at radius 3 is 1.08 bits per heavy atom. The average molecular weight is 210 g/mol. The molecule has 0 N–H and O–H groups in total. The van der Waals surface area contributed by atoms with E-state index in [1.165, 1.54) is 0 Å². The molecule has 0 radical (unpaired) electrons. The Morgan fingerprint density at radius 1 is 0.923 bits per heavy atom. The molecule has 0 aliphatic rings. The predicted molar refractivity (Wildman–Crippen MR) is 32.6 cm³/mol. The van der Waals surface area contributed by atoms with Crippen LogP contribution in [0.25, 0.3) is 0 Å². The van der Waals surface area contributed by atoms with Crippen molar-refractivity contribution in [2.75, 3.05) is 0 Å². The second kappa shape index (κ2) is 4.88. The quantitative estimate of drug-likeness (QED) is 0.421. The lowest BCUT2D eigenvalue weighted by molar-refractivity contribution is -0.171. The van der Waals surface area contributed by atoms with Gasteiger partial charge in [0.1, 0.15) is 5.57 Å². The van der Waals surface area contributed by atoms with Gasteiger partial charge in [-0.05, 0) is 0 Å². The smallest absolute Gasteiger partial charge is 0.216 e. The van der Waals surface area contributed by atoms with E-state index >= 15 is 0 Å². The Kier molecular flexibility index (Phi) is 5.45. The zero-order valence-electron chi connectivity index (χ0n) is 6.14. The summed E-state index contributed by atoms with van der Waals surface area (Å²) >= 11 is 0. The summed E-state index contributed by atoms with van der Waals surface area (Å²) in [6.07, 6.45) is -10.5. The number of halogens is 7. The van der Waals surface area contributed by atoms with E-state index in [1.54, 1.807) is 0 Å². The summed E-state index contributed by atoms with van der Waals surface area (Å²) < 4.78 is 76.8. The third kappa shape index (κ3) is 7.35. The van der Waals surface area contributed by atoms with E-state index in [0.717, 1.165) is 0 Å². The van der Waals surface area contributed by atoms with Gasteiger partial charge in [0, 0.05) is 0 Å². The van der Waals surface area contributed by atoms with Crippen molar-refractivity contribution < 1.29 is 30.7 Å². The SMILES string of the molecule is C=C(C(F)(F)F)C(F)(F)F.C=CF. The average Bonchev–Trinajstić information content (AvgIpc) is 1.84. The topological polar surface area (TPSA) is 0 Å². The summed E-state index contributed by atoms with van der Waals surface area (Å²) in [6.45, 7) is 4.54. The lowest BCUT2D eigenvalue weighted by atomic mass is 10.3. The van der Waals surface area contributed by atoms with Gasteiger partial charge in [-0.2, -0.15) is 26.3 Å². The summed E-state index contributed by atoms with van der Waals surface area (Å²) in [4.78, 5) is 0. The van der Waals surface area contributed by atoms with Crippen LogP contribution in [-0.4, -0.2) is 12.4 Å². The van der Waals surface area contributed by atoms with Crippen molar-refractivity contribution in [2.24, 2.45) is 0 Å². The van der Waals surface area contributed by atoms with E-state index < -0.39 is 17.9 Å². The Morgan fingerprint density at radius 2 is 1.08 bits per heavy atom. The minimum absolute atomic E-state index is 0.250. The lowest BCUT2D eigenvalue weighted by Gasteiger charge is -2.12. The molecule has 0 aliphatic carbocycles. The Bertz CT molecular complexity index is 156. The standard InChI is InChI=1S/C4H2F6.C2H3F/c1-2(3(5,6)7)4(8,9)10;1-2-3/h1H2;2H,1H2.